The molecular formula is C7H14N2O. The van der Waals surface area contributed by atoms with Crippen LogP contribution >= 0.6 is 0 Å². The Balaban J connectivity index is 3.97. The molecule has 0 heterocycles. The zero-order chi connectivity index (χ0) is 7.98. The molecule has 0 fully saturated rings. The van der Waals surface area contributed by atoms with Gasteiger partial charge in [0.2, 0.25) is 0 Å². The first-order chi connectivity index (χ1) is 4.72. The van der Waals surface area contributed by atoms with Crippen LogP contribution in [0.25, 0.3) is 0 Å². The molecule has 0 aliphatic rings. The number of nitrogens with zero attached hydrogens (tertiary/aromatic N) is 2. The van der Waals surface area contributed by atoms with Crippen LogP contribution < -0.4 is 0 Å². The van der Waals surface area contributed by atoms with Gasteiger partial charge in [0.15, 0.2) is 0 Å². The summed E-state index contributed by atoms with van der Waals surface area (Å²) < 4.78 is 0. The lowest BCUT2D eigenvalue weighted by molar-refractivity contribution is 0.819. The highest BCUT2D eigenvalue weighted by Gasteiger charge is 2.02. The van der Waals surface area contributed by atoms with Crippen molar-refractivity contribution >= 4 is 5.71 Å². The van der Waals surface area contributed by atoms with Crippen molar-refractivity contribution in [1.29, 1.82) is 0 Å². The van der Waals surface area contributed by atoms with Gasteiger partial charge in [-0.25, -0.2) is 0 Å². The molecule has 0 bridgehead atoms. The van der Waals surface area contributed by atoms with Crippen LogP contribution in [0.2, 0.25) is 0 Å². The Bertz CT molecular complexity index is 130. The summed E-state index contributed by atoms with van der Waals surface area (Å²) in [7, 11) is 0. The maximum atomic E-state index is 9.76. The molecule has 0 aliphatic carbocycles. The van der Waals surface area contributed by atoms with E-state index in [1.165, 1.54) is 0 Å². The lowest BCUT2D eigenvalue weighted by Gasteiger charge is -2.04. The first-order valence-electron chi connectivity index (χ1n) is 3.61. The number of rotatable bonds is 4. The Morgan fingerprint density at radius 3 is 2.40 bits per heavy atom. The van der Waals surface area contributed by atoms with Crippen LogP contribution in [0.3, 0.4) is 0 Å². The van der Waals surface area contributed by atoms with Crippen molar-refractivity contribution in [3.63, 3.8) is 0 Å². The van der Waals surface area contributed by atoms with Crippen molar-refractivity contribution in [2.45, 2.75) is 33.6 Å². The Morgan fingerprint density at radius 2 is 2.10 bits per heavy atom. The van der Waals surface area contributed by atoms with Crippen LogP contribution in [-0.4, -0.2) is 5.71 Å². The predicted octanol–water partition coefficient (Wildman–Crippen LogP) is 2.56. The molecule has 3 nitrogen and oxygen atoms in total. The molecule has 0 rings (SSSR count). The van der Waals surface area contributed by atoms with Crippen molar-refractivity contribution in [1.82, 2.24) is 0 Å². The Morgan fingerprint density at radius 1 is 1.50 bits per heavy atom. The molecule has 0 unspecified atom stereocenters. The first-order valence-corrected chi connectivity index (χ1v) is 3.61. The molecule has 0 radical (unpaired) electrons. The molecule has 3 heteroatoms. The fraction of sp³-hybridized carbons (Fsp3) is 0.857. The molecule has 0 aromatic carbocycles. The summed E-state index contributed by atoms with van der Waals surface area (Å²) in [6.07, 6.45) is 1.90. The van der Waals surface area contributed by atoms with Gasteiger partial charge in [0, 0.05) is 5.71 Å². The molecule has 0 spiro atoms. The molecule has 0 N–H and O–H groups in total. The molecule has 0 aromatic heterocycles. The fourth-order valence-electron chi connectivity index (χ4n) is 0.763. The van der Waals surface area contributed by atoms with Crippen LogP contribution in [0.15, 0.2) is 10.4 Å². The minimum Gasteiger partial charge on any atom is -0.123 e. The molecule has 0 atom stereocenters. The van der Waals surface area contributed by atoms with E-state index in [9.17, 15) is 4.91 Å². The molecule has 0 aromatic rings. The summed E-state index contributed by atoms with van der Waals surface area (Å²) in [6, 6.07) is 0. The van der Waals surface area contributed by atoms with E-state index in [4.69, 9.17) is 0 Å². The molecule has 10 heavy (non-hydrogen) atoms. The van der Waals surface area contributed by atoms with Gasteiger partial charge in [0.05, 0.1) is 5.29 Å². The van der Waals surface area contributed by atoms with Crippen LogP contribution in [0.1, 0.15) is 33.6 Å². The maximum Gasteiger partial charge on any atom is 0.0797 e. The molecule has 0 saturated heterocycles. The van der Waals surface area contributed by atoms with E-state index < -0.39 is 0 Å². The van der Waals surface area contributed by atoms with Gasteiger partial charge in [-0.1, -0.05) is 27.2 Å². The standard InChI is InChI=1S/C7H14N2O/c1-4-5-7(6(2)3)8-9-10/h6H,4-5H2,1-3H3/b8-7+. The Hall–Kier alpha value is -0.730. The smallest absolute Gasteiger partial charge is 0.0797 e. The maximum absolute atomic E-state index is 9.76. The molecule has 0 amide bonds. The van der Waals surface area contributed by atoms with E-state index in [0.717, 1.165) is 18.6 Å². The largest absolute Gasteiger partial charge is 0.123 e. The number of hydrogen-bond acceptors (Lipinski definition) is 2. The van der Waals surface area contributed by atoms with E-state index in [1.807, 2.05) is 13.8 Å². The second-order valence-electron chi connectivity index (χ2n) is 2.58. The molecule has 0 aliphatic heterocycles. The first kappa shape index (κ1) is 9.27. The lowest BCUT2D eigenvalue weighted by Crippen LogP contribution is -2.05. The summed E-state index contributed by atoms with van der Waals surface area (Å²) in [5.41, 5.74) is 0.900. The van der Waals surface area contributed by atoms with Crippen LogP contribution in [0, 0.1) is 10.8 Å². The zero-order valence-electron chi connectivity index (χ0n) is 6.79. The summed E-state index contributed by atoms with van der Waals surface area (Å²) >= 11 is 0. The summed E-state index contributed by atoms with van der Waals surface area (Å²) in [4.78, 5) is 9.76. The van der Waals surface area contributed by atoms with Gasteiger partial charge in [-0.15, -0.1) is 10.0 Å². The third-order valence-electron chi connectivity index (χ3n) is 1.34. The highest BCUT2D eigenvalue weighted by molar-refractivity contribution is 5.85. The predicted molar refractivity (Wildman–Crippen MR) is 43.0 cm³/mol. The van der Waals surface area contributed by atoms with Gasteiger partial charge in [-0.2, -0.15) is 0 Å². The van der Waals surface area contributed by atoms with E-state index in [-0.39, 0.29) is 0 Å². The van der Waals surface area contributed by atoms with Gasteiger partial charge in [-0.05, 0) is 12.3 Å². The Kier molecular flexibility index (Phi) is 4.72. The molecular weight excluding hydrogens is 128 g/mol. The summed E-state index contributed by atoms with van der Waals surface area (Å²) in [6.45, 7) is 6.09. The van der Waals surface area contributed by atoms with Gasteiger partial charge >= 0.3 is 0 Å². The average Bonchev–Trinajstić information content (AvgIpc) is 1.87. The van der Waals surface area contributed by atoms with Crippen LogP contribution in [0.4, 0.5) is 0 Å². The van der Waals surface area contributed by atoms with Crippen molar-refractivity contribution in [2.75, 3.05) is 0 Å². The van der Waals surface area contributed by atoms with Gasteiger partial charge < -0.3 is 0 Å². The summed E-state index contributed by atoms with van der Waals surface area (Å²) in [5, 5.41) is 6.01. The number of nitroso groups, excluding NO2 is 1. The van der Waals surface area contributed by atoms with Crippen LogP contribution in [0.5, 0.6) is 0 Å². The molecule has 58 valence electrons. The quantitative estimate of drug-likeness (QED) is 0.338. The zero-order valence-corrected chi connectivity index (χ0v) is 6.79. The van der Waals surface area contributed by atoms with E-state index in [0.29, 0.717) is 5.92 Å². The minimum atomic E-state index is 0.345. The monoisotopic (exact) mass is 142 g/mol. The SMILES string of the molecule is CCC/C(=N\N=O)C(C)C. The van der Waals surface area contributed by atoms with E-state index >= 15 is 0 Å². The second-order valence-corrected chi connectivity index (χ2v) is 2.58. The van der Waals surface area contributed by atoms with Crippen molar-refractivity contribution < 1.29 is 0 Å². The van der Waals surface area contributed by atoms with Gasteiger partial charge in [-0.3, -0.25) is 0 Å². The fourth-order valence-corrected chi connectivity index (χ4v) is 0.763. The van der Waals surface area contributed by atoms with Crippen molar-refractivity contribution in [3.05, 3.63) is 4.91 Å². The third-order valence-corrected chi connectivity index (χ3v) is 1.34. The number of hydrogen-bond donors (Lipinski definition) is 0. The highest BCUT2D eigenvalue weighted by atomic mass is 16.3. The summed E-state index contributed by atoms with van der Waals surface area (Å²) in [5.74, 6) is 0.345. The molecule has 0 saturated carbocycles. The van der Waals surface area contributed by atoms with Crippen molar-refractivity contribution in [2.24, 2.45) is 16.3 Å². The normalized spacial score (nSPS) is 12.2. The van der Waals surface area contributed by atoms with Crippen molar-refractivity contribution in [3.8, 4) is 0 Å². The lowest BCUT2D eigenvalue weighted by atomic mass is 10.0. The topological polar surface area (TPSA) is 41.8 Å². The Labute approximate surface area is 61.5 Å². The highest BCUT2D eigenvalue weighted by Crippen LogP contribution is 2.04. The van der Waals surface area contributed by atoms with E-state index in [2.05, 4.69) is 17.3 Å². The van der Waals surface area contributed by atoms with Gasteiger partial charge in [0.25, 0.3) is 0 Å². The average molecular weight is 142 g/mol. The van der Waals surface area contributed by atoms with E-state index in [1.54, 1.807) is 0 Å². The van der Waals surface area contributed by atoms with Gasteiger partial charge in [0.1, 0.15) is 0 Å². The van der Waals surface area contributed by atoms with Crippen LogP contribution in [-0.2, 0) is 0 Å². The second kappa shape index (κ2) is 5.09. The third kappa shape index (κ3) is 3.33. The minimum absolute atomic E-state index is 0.345.